The van der Waals surface area contributed by atoms with E-state index in [0.29, 0.717) is 11.6 Å². The molecule has 1 N–H and O–H groups in total. The van der Waals surface area contributed by atoms with Crippen molar-refractivity contribution in [1.29, 1.82) is 0 Å². The van der Waals surface area contributed by atoms with E-state index in [9.17, 15) is 4.79 Å². The zero-order chi connectivity index (χ0) is 19.7. The van der Waals surface area contributed by atoms with Crippen LogP contribution < -0.4 is 10.2 Å². The molecule has 146 valence electrons. The third-order valence-electron chi connectivity index (χ3n) is 5.02. The van der Waals surface area contributed by atoms with Gasteiger partial charge in [-0.05, 0) is 24.6 Å². The van der Waals surface area contributed by atoms with E-state index >= 15 is 0 Å². The van der Waals surface area contributed by atoms with Crippen molar-refractivity contribution in [2.24, 2.45) is 7.05 Å². The number of piperazine rings is 1. The monoisotopic (exact) mass is 399 g/mol. The van der Waals surface area contributed by atoms with Gasteiger partial charge in [-0.3, -0.25) is 14.4 Å². The van der Waals surface area contributed by atoms with Crippen molar-refractivity contribution in [2.75, 3.05) is 42.9 Å². The highest BCUT2D eigenvalue weighted by Gasteiger charge is 2.22. The van der Waals surface area contributed by atoms with Crippen LogP contribution >= 0.6 is 11.6 Å². The molecule has 1 amide bonds. The summed E-state index contributed by atoms with van der Waals surface area (Å²) in [6, 6.07) is 5.50. The Morgan fingerprint density at radius 2 is 2.00 bits per heavy atom. The van der Waals surface area contributed by atoms with Crippen molar-refractivity contribution in [1.82, 2.24) is 24.6 Å². The van der Waals surface area contributed by atoms with Gasteiger partial charge < -0.3 is 10.2 Å². The zero-order valence-corrected chi connectivity index (χ0v) is 16.6. The van der Waals surface area contributed by atoms with Crippen LogP contribution in [0.1, 0.15) is 5.56 Å². The lowest BCUT2D eigenvalue weighted by molar-refractivity contribution is -0.117. The number of hydrogen-bond donors (Lipinski definition) is 1. The zero-order valence-electron chi connectivity index (χ0n) is 15.9. The standard InChI is InChI=1S/C19H22ClN7O/c1-13-3-4-14(20)9-16(13)24-17(28)11-26-5-7-27(8-6-26)19-15-10-23-25(2)18(15)21-12-22-19/h3-4,9-10,12H,5-8,11H2,1-2H3,(H,24,28). The van der Waals surface area contributed by atoms with Crippen LogP contribution in [0.3, 0.4) is 0 Å². The number of amides is 1. The molecule has 0 bridgehead atoms. The van der Waals surface area contributed by atoms with Crippen LogP contribution in [0.25, 0.3) is 11.0 Å². The van der Waals surface area contributed by atoms with Gasteiger partial charge in [0.05, 0.1) is 18.1 Å². The van der Waals surface area contributed by atoms with Crippen LogP contribution in [0.4, 0.5) is 11.5 Å². The molecular weight excluding hydrogens is 378 g/mol. The number of benzene rings is 1. The molecular formula is C19H22ClN7O. The molecule has 3 heterocycles. The number of nitrogens with zero attached hydrogens (tertiary/aromatic N) is 6. The van der Waals surface area contributed by atoms with Crippen LogP contribution in [-0.4, -0.2) is 63.3 Å². The van der Waals surface area contributed by atoms with Crippen molar-refractivity contribution in [2.45, 2.75) is 6.92 Å². The Bertz CT molecular complexity index is 1010. The summed E-state index contributed by atoms with van der Waals surface area (Å²) in [7, 11) is 1.87. The topological polar surface area (TPSA) is 79.2 Å². The second kappa shape index (κ2) is 7.73. The van der Waals surface area contributed by atoms with Crippen LogP contribution in [-0.2, 0) is 11.8 Å². The van der Waals surface area contributed by atoms with Crippen LogP contribution in [0.5, 0.6) is 0 Å². The molecule has 0 atom stereocenters. The number of halogens is 1. The van der Waals surface area contributed by atoms with Gasteiger partial charge in [-0.1, -0.05) is 17.7 Å². The average molecular weight is 400 g/mol. The van der Waals surface area contributed by atoms with Gasteiger partial charge in [-0.25, -0.2) is 9.97 Å². The van der Waals surface area contributed by atoms with Crippen LogP contribution in [0.15, 0.2) is 30.7 Å². The molecule has 0 unspecified atom stereocenters. The molecule has 1 saturated heterocycles. The molecule has 0 radical (unpaired) electrons. The number of hydrogen-bond acceptors (Lipinski definition) is 6. The molecule has 28 heavy (non-hydrogen) atoms. The molecule has 9 heteroatoms. The van der Waals surface area contributed by atoms with E-state index in [1.54, 1.807) is 23.3 Å². The van der Waals surface area contributed by atoms with Gasteiger partial charge in [0.1, 0.15) is 12.1 Å². The maximum absolute atomic E-state index is 12.4. The van der Waals surface area contributed by atoms with Crippen molar-refractivity contribution in [3.63, 3.8) is 0 Å². The Labute approximate surface area is 168 Å². The van der Waals surface area contributed by atoms with Gasteiger partial charge in [-0.15, -0.1) is 0 Å². The van der Waals surface area contributed by atoms with E-state index < -0.39 is 0 Å². The fraction of sp³-hybridized carbons (Fsp3) is 0.368. The molecule has 1 aromatic carbocycles. The highest BCUT2D eigenvalue weighted by atomic mass is 35.5. The molecule has 1 aliphatic heterocycles. The van der Waals surface area contributed by atoms with Crippen molar-refractivity contribution >= 4 is 40.0 Å². The second-order valence-electron chi connectivity index (χ2n) is 6.97. The second-order valence-corrected chi connectivity index (χ2v) is 7.41. The summed E-state index contributed by atoms with van der Waals surface area (Å²) in [5, 5.41) is 8.79. The number of carbonyl (C=O) groups excluding carboxylic acids is 1. The average Bonchev–Trinajstić information content (AvgIpc) is 3.07. The quantitative estimate of drug-likeness (QED) is 0.723. The van der Waals surface area contributed by atoms with Crippen molar-refractivity contribution in [3.05, 3.63) is 41.3 Å². The summed E-state index contributed by atoms with van der Waals surface area (Å²) in [5.74, 6) is 0.868. The predicted molar refractivity (Wildman–Crippen MR) is 110 cm³/mol. The molecule has 0 spiro atoms. The highest BCUT2D eigenvalue weighted by molar-refractivity contribution is 6.31. The van der Waals surface area contributed by atoms with Crippen molar-refractivity contribution < 1.29 is 4.79 Å². The molecule has 3 aromatic rings. The number of aryl methyl sites for hydroxylation is 2. The fourth-order valence-corrected chi connectivity index (χ4v) is 3.61. The molecule has 0 aliphatic carbocycles. The normalized spacial score (nSPS) is 15.2. The Hall–Kier alpha value is -2.71. The smallest absolute Gasteiger partial charge is 0.238 e. The maximum Gasteiger partial charge on any atom is 0.238 e. The van der Waals surface area contributed by atoms with E-state index in [1.807, 2.05) is 26.1 Å². The first-order valence-electron chi connectivity index (χ1n) is 9.17. The summed E-state index contributed by atoms with van der Waals surface area (Å²) >= 11 is 6.03. The number of anilines is 2. The molecule has 8 nitrogen and oxygen atoms in total. The van der Waals surface area contributed by atoms with Crippen molar-refractivity contribution in [3.8, 4) is 0 Å². The SMILES string of the molecule is Cc1ccc(Cl)cc1NC(=O)CN1CCN(c2ncnc3c2cnn3C)CC1. The first-order valence-corrected chi connectivity index (χ1v) is 9.55. The summed E-state index contributed by atoms with van der Waals surface area (Å²) in [4.78, 5) is 25.6. The van der Waals surface area contributed by atoms with Crippen LogP contribution in [0.2, 0.25) is 5.02 Å². The minimum Gasteiger partial charge on any atom is -0.353 e. The summed E-state index contributed by atoms with van der Waals surface area (Å²) < 4.78 is 1.75. The highest BCUT2D eigenvalue weighted by Crippen LogP contribution is 2.23. The Morgan fingerprint density at radius 1 is 1.21 bits per heavy atom. The largest absolute Gasteiger partial charge is 0.353 e. The number of aromatic nitrogens is 4. The number of nitrogens with one attached hydrogen (secondary N) is 1. The molecule has 0 saturated carbocycles. The number of rotatable bonds is 4. The minimum atomic E-state index is -0.0319. The van der Waals surface area contributed by atoms with Gasteiger partial charge in [-0.2, -0.15) is 5.10 Å². The maximum atomic E-state index is 12.4. The Balaban J connectivity index is 1.36. The minimum absolute atomic E-state index is 0.0319. The first kappa shape index (κ1) is 18.6. The molecule has 2 aromatic heterocycles. The predicted octanol–water partition coefficient (Wildman–Crippen LogP) is 2.09. The third-order valence-corrected chi connectivity index (χ3v) is 5.26. The van der Waals surface area contributed by atoms with Gasteiger partial charge in [0, 0.05) is 43.9 Å². The number of fused-ring (bicyclic) bond motifs is 1. The first-order chi connectivity index (χ1) is 13.5. The lowest BCUT2D eigenvalue weighted by Gasteiger charge is -2.35. The van der Waals surface area contributed by atoms with Crippen LogP contribution in [0, 0.1) is 6.92 Å². The van der Waals surface area contributed by atoms with E-state index in [-0.39, 0.29) is 5.91 Å². The summed E-state index contributed by atoms with van der Waals surface area (Å²) in [6.07, 6.45) is 3.38. The van der Waals surface area contributed by atoms with E-state index in [4.69, 9.17) is 11.6 Å². The van der Waals surface area contributed by atoms with E-state index in [2.05, 4.69) is 30.2 Å². The van der Waals surface area contributed by atoms with E-state index in [0.717, 1.165) is 54.3 Å². The summed E-state index contributed by atoms with van der Waals surface area (Å²) in [5.41, 5.74) is 2.58. The van der Waals surface area contributed by atoms with Gasteiger partial charge in [0.2, 0.25) is 5.91 Å². The fourth-order valence-electron chi connectivity index (χ4n) is 3.44. The summed E-state index contributed by atoms with van der Waals surface area (Å²) in [6.45, 7) is 5.47. The number of carbonyl (C=O) groups is 1. The van der Waals surface area contributed by atoms with E-state index in [1.165, 1.54) is 0 Å². The molecule has 4 rings (SSSR count). The lowest BCUT2D eigenvalue weighted by Crippen LogP contribution is -2.49. The molecule has 1 fully saturated rings. The lowest BCUT2D eigenvalue weighted by atomic mass is 10.2. The van der Waals surface area contributed by atoms with Gasteiger partial charge >= 0.3 is 0 Å². The Kier molecular flexibility index (Phi) is 5.15. The Morgan fingerprint density at radius 3 is 2.79 bits per heavy atom. The van der Waals surface area contributed by atoms with Gasteiger partial charge in [0.25, 0.3) is 0 Å². The molecule has 1 aliphatic rings. The third kappa shape index (κ3) is 3.79. The van der Waals surface area contributed by atoms with Gasteiger partial charge in [0.15, 0.2) is 5.65 Å².